The lowest BCUT2D eigenvalue weighted by Gasteiger charge is -2.33. The third kappa shape index (κ3) is 3.98. The third-order valence-electron chi connectivity index (χ3n) is 4.75. The molecule has 3 rings (SSSR count). The lowest BCUT2D eigenvalue weighted by molar-refractivity contribution is -0.152. The molecule has 2 amide bonds. The lowest BCUT2D eigenvalue weighted by Crippen LogP contribution is -2.54. The number of ether oxygens (including phenoxy) is 2. The molecule has 2 heterocycles. The molecule has 8 heteroatoms. The van der Waals surface area contributed by atoms with Crippen LogP contribution in [0.4, 0.5) is 4.79 Å². The summed E-state index contributed by atoms with van der Waals surface area (Å²) in [6, 6.07) is 9.50. The van der Waals surface area contributed by atoms with E-state index in [2.05, 4.69) is 11.4 Å². The number of alkyl carbamates (subject to hydrolysis) is 1. The van der Waals surface area contributed by atoms with E-state index in [0.717, 1.165) is 5.56 Å². The van der Waals surface area contributed by atoms with E-state index in [1.165, 1.54) is 4.90 Å². The molecule has 2 atom stereocenters. The molecule has 0 spiro atoms. The van der Waals surface area contributed by atoms with Crippen molar-refractivity contribution >= 4 is 18.0 Å². The summed E-state index contributed by atoms with van der Waals surface area (Å²) >= 11 is 0. The fraction of sp³-hybridized carbons (Fsp3) is 0.400. The summed E-state index contributed by atoms with van der Waals surface area (Å²) in [5, 5.41) is 12.0. The molecule has 1 aromatic rings. The predicted molar refractivity (Wildman–Crippen MR) is 97.3 cm³/mol. The normalized spacial score (nSPS) is 21.0. The largest absolute Gasteiger partial charge is 0.464 e. The highest BCUT2D eigenvalue weighted by Crippen LogP contribution is 2.36. The number of fused-ring (bicyclic) bond motifs is 1. The molecule has 0 radical (unpaired) electrons. The number of benzene rings is 1. The van der Waals surface area contributed by atoms with Gasteiger partial charge < -0.3 is 14.8 Å². The minimum absolute atomic E-state index is 0.0644. The Morgan fingerprint density at radius 3 is 2.71 bits per heavy atom. The average Bonchev–Trinajstić information content (AvgIpc) is 3.15. The Labute approximate surface area is 162 Å². The topological polar surface area (TPSA) is 109 Å². The quantitative estimate of drug-likeness (QED) is 0.779. The first-order chi connectivity index (χ1) is 13.5. The maximum atomic E-state index is 12.9. The molecule has 0 aromatic heterocycles. The number of hydrogen-bond acceptors (Lipinski definition) is 6. The zero-order valence-corrected chi connectivity index (χ0v) is 15.5. The second-order valence-corrected chi connectivity index (χ2v) is 6.51. The Bertz CT molecular complexity index is 843. The van der Waals surface area contributed by atoms with Crippen LogP contribution in [-0.4, -0.2) is 41.6 Å². The number of hydrogen-bond donors (Lipinski definition) is 1. The summed E-state index contributed by atoms with van der Waals surface area (Å²) in [5.74, 6) is -0.934. The molecule has 8 nitrogen and oxygen atoms in total. The molecule has 1 aromatic carbocycles. The minimum atomic E-state index is -0.961. The van der Waals surface area contributed by atoms with Gasteiger partial charge in [-0.2, -0.15) is 5.26 Å². The molecule has 2 aliphatic heterocycles. The van der Waals surface area contributed by atoms with Gasteiger partial charge in [-0.1, -0.05) is 30.3 Å². The fourth-order valence-electron chi connectivity index (χ4n) is 3.46. The molecule has 1 unspecified atom stereocenters. The summed E-state index contributed by atoms with van der Waals surface area (Å²) in [4.78, 5) is 38.5. The summed E-state index contributed by atoms with van der Waals surface area (Å²) in [7, 11) is 0. The van der Waals surface area contributed by atoms with E-state index >= 15 is 0 Å². The van der Waals surface area contributed by atoms with Crippen molar-refractivity contribution < 1.29 is 23.9 Å². The van der Waals surface area contributed by atoms with Crippen LogP contribution in [-0.2, 0) is 25.7 Å². The van der Waals surface area contributed by atoms with E-state index in [1.54, 1.807) is 6.92 Å². The van der Waals surface area contributed by atoms with E-state index in [0.29, 0.717) is 24.1 Å². The van der Waals surface area contributed by atoms with Gasteiger partial charge in [0.25, 0.3) is 5.91 Å². The molecule has 0 bridgehead atoms. The first kappa shape index (κ1) is 19.4. The summed E-state index contributed by atoms with van der Waals surface area (Å²) in [6.07, 6.45) is 0.172. The van der Waals surface area contributed by atoms with Gasteiger partial charge in [0.1, 0.15) is 18.7 Å². The minimum Gasteiger partial charge on any atom is -0.464 e. The van der Waals surface area contributed by atoms with Gasteiger partial charge in [0.15, 0.2) is 0 Å². The molecule has 1 saturated heterocycles. The van der Waals surface area contributed by atoms with Crippen molar-refractivity contribution in [2.24, 2.45) is 0 Å². The smallest absolute Gasteiger partial charge is 0.408 e. The number of allylic oxidation sites excluding steroid dienone is 1. The molecule has 28 heavy (non-hydrogen) atoms. The second-order valence-electron chi connectivity index (χ2n) is 6.51. The van der Waals surface area contributed by atoms with Crippen LogP contribution in [0.25, 0.3) is 0 Å². The van der Waals surface area contributed by atoms with E-state index in [-0.39, 0.29) is 19.6 Å². The van der Waals surface area contributed by atoms with Gasteiger partial charge in [0.2, 0.25) is 0 Å². The van der Waals surface area contributed by atoms with Crippen molar-refractivity contribution in [3.05, 3.63) is 47.2 Å². The van der Waals surface area contributed by atoms with Crippen molar-refractivity contribution in [3.63, 3.8) is 0 Å². The molecule has 0 aliphatic carbocycles. The van der Waals surface area contributed by atoms with Crippen LogP contribution in [0.1, 0.15) is 31.7 Å². The zero-order valence-electron chi connectivity index (χ0n) is 15.5. The highest BCUT2D eigenvalue weighted by molar-refractivity contribution is 5.93. The number of carbonyl (C=O) groups is 3. The lowest BCUT2D eigenvalue weighted by atomic mass is 9.98. The number of amides is 2. The third-order valence-corrected chi connectivity index (χ3v) is 4.75. The summed E-state index contributed by atoms with van der Waals surface area (Å²) in [6.45, 7) is 1.96. The molecule has 2 aliphatic rings. The van der Waals surface area contributed by atoms with Crippen LogP contribution in [0.3, 0.4) is 0 Å². The van der Waals surface area contributed by atoms with E-state index in [9.17, 15) is 19.6 Å². The van der Waals surface area contributed by atoms with Gasteiger partial charge in [-0.05, 0) is 25.3 Å². The van der Waals surface area contributed by atoms with Crippen molar-refractivity contribution in [3.8, 4) is 6.07 Å². The molecular weight excluding hydrogens is 362 g/mol. The highest BCUT2D eigenvalue weighted by Gasteiger charge is 2.46. The van der Waals surface area contributed by atoms with E-state index in [1.807, 2.05) is 30.3 Å². The van der Waals surface area contributed by atoms with Crippen LogP contribution in [0.15, 0.2) is 41.6 Å². The fourth-order valence-corrected chi connectivity index (χ4v) is 3.46. The first-order valence-electron chi connectivity index (χ1n) is 9.14. The van der Waals surface area contributed by atoms with Gasteiger partial charge in [-0.25, -0.2) is 9.59 Å². The molecule has 0 saturated carbocycles. The van der Waals surface area contributed by atoms with Crippen LogP contribution in [0, 0.1) is 11.3 Å². The van der Waals surface area contributed by atoms with Crippen LogP contribution < -0.4 is 5.32 Å². The number of nitriles is 1. The SMILES string of the molecule is CCOC(=O)[C@@H]1CCC2=C(C#N)CC(NC(=O)OCc3ccccc3)C(=O)N21. The number of rotatable bonds is 5. The Morgan fingerprint density at radius 1 is 1.29 bits per heavy atom. The van der Waals surface area contributed by atoms with Crippen molar-refractivity contribution in [1.82, 2.24) is 10.2 Å². The zero-order chi connectivity index (χ0) is 20.1. The van der Waals surface area contributed by atoms with Crippen LogP contribution in [0.5, 0.6) is 0 Å². The van der Waals surface area contributed by atoms with Gasteiger partial charge in [-0.3, -0.25) is 9.69 Å². The maximum absolute atomic E-state index is 12.9. The molecule has 1 fully saturated rings. The van der Waals surface area contributed by atoms with Gasteiger partial charge in [0.05, 0.1) is 18.2 Å². The van der Waals surface area contributed by atoms with Crippen LogP contribution in [0.2, 0.25) is 0 Å². The summed E-state index contributed by atoms with van der Waals surface area (Å²) in [5.41, 5.74) is 1.75. The molecule has 1 N–H and O–H groups in total. The van der Waals surface area contributed by atoms with Crippen molar-refractivity contribution in [1.29, 1.82) is 5.26 Å². The molecule has 146 valence electrons. The highest BCUT2D eigenvalue weighted by atomic mass is 16.5. The van der Waals surface area contributed by atoms with E-state index < -0.39 is 30.1 Å². The number of nitrogens with zero attached hydrogens (tertiary/aromatic N) is 2. The van der Waals surface area contributed by atoms with Gasteiger partial charge in [0, 0.05) is 12.1 Å². The number of carbonyl (C=O) groups excluding carboxylic acids is 3. The number of esters is 1. The Balaban J connectivity index is 1.69. The average molecular weight is 383 g/mol. The van der Waals surface area contributed by atoms with Crippen molar-refractivity contribution in [2.45, 2.75) is 44.9 Å². The second kappa shape index (κ2) is 8.57. The Morgan fingerprint density at radius 2 is 2.04 bits per heavy atom. The van der Waals surface area contributed by atoms with Crippen molar-refractivity contribution in [2.75, 3.05) is 6.61 Å². The Hall–Kier alpha value is -3.34. The van der Waals surface area contributed by atoms with Crippen LogP contribution >= 0.6 is 0 Å². The predicted octanol–water partition coefficient (Wildman–Crippen LogP) is 2.02. The molecular formula is C20H21N3O5. The number of nitrogens with one attached hydrogen (secondary N) is 1. The maximum Gasteiger partial charge on any atom is 0.408 e. The van der Waals surface area contributed by atoms with Gasteiger partial charge in [-0.15, -0.1) is 0 Å². The monoisotopic (exact) mass is 383 g/mol. The van der Waals surface area contributed by atoms with Gasteiger partial charge >= 0.3 is 12.1 Å². The Kier molecular flexibility index (Phi) is 5.94. The summed E-state index contributed by atoms with van der Waals surface area (Å²) < 4.78 is 10.2. The van der Waals surface area contributed by atoms with E-state index in [4.69, 9.17) is 9.47 Å². The first-order valence-corrected chi connectivity index (χ1v) is 9.14. The standard InChI is InChI=1S/C20H21N3O5/c1-2-27-19(25)17-9-8-16-14(11-21)10-15(18(24)23(16)17)22-20(26)28-12-13-6-4-3-5-7-13/h3-7,15,17H,2,8-10,12H2,1H3,(H,22,26)/t15?,17-/m0/s1.